The normalized spacial score (nSPS) is 17.2. The highest BCUT2D eigenvalue weighted by atomic mass is 19.4. The standard InChI is InChI=1S/C18H17F4N3O2/c1-2-14-15(19)16(24-10-23-14)27-11-7-8-25(9-11)17(26)12-5-3-4-6-13(12)18(20,21)22/h3-6,10-11H,2,7-9H2,1H3/t11-/m1/s1. The molecule has 0 unspecified atom stereocenters. The van der Waals surface area contributed by atoms with E-state index in [1.165, 1.54) is 23.4 Å². The van der Waals surface area contributed by atoms with Crippen LogP contribution in [-0.4, -0.2) is 40.0 Å². The molecule has 2 heterocycles. The molecule has 2 aromatic rings. The van der Waals surface area contributed by atoms with Crippen molar-refractivity contribution in [2.24, 2.45) is 0 Å². The van der Waals surface area contributed by atoms with E-state index in [0.717, 1.165) is 12.1 Å². The van der Waals surface area contributed by atoms with Crippen LogP contribution in [0.4, 0.5) is 17.6 Å². The number of carbonyl (C=O) groups is 1. The van der Waals surface area contributed by atoms with E-state index in [-0.39, 0.29) is 24.7 Å². The summed E-state index contributed by atoms with van der Waals surface area (Å²) in [5.41, 5.74) is -1.18. The summed E-state index contributed by atoms with van der Waals surface area (Å²) in [5, 5.41) is 0. The molecular weight excluding hydrogens is 366 g/mol. The van der Waals surface area contributed by atoms with Gasteiger partial charge in [0.05, 0.1) is 23.4 Å². The largest absolute Gasteiger partial charge is 0.470 e. The zero-order chi connectivity index (χ0) is 19.6. The number of rotatable bonds is 4. The Labute approximate surface area is 153 Å². The maximum absolute atomic E-state index is 14.2. The summed E-state index contributed by atoms with van der Waals surface area (Å²) >= 11 is 0. The lowest BCUT2D eigenvalue weighted by molar-refractivity contribution is -0.138. The highest BCUT2D eigenvalue weighted by molar-refractivity contribution is 5.96. The molecule has 1 aromatic heterocycles. The van der Waals surface area contributed by atoms with Crippen molar-refractivity contribution < 1.29 is 27.1 Å². The molecule has 1 amide bonds. The average molecular weight is 383 g/mol. The molecular formula is C18H17F4N3O2. The minimum atomic E-state index is -4.62. The molecule has 0 aliphatic carbocycles. The lowest BCUT2D eigenvalue weighted by Gasteiger charge is -2.19. The lowest BCUT2D eigenvalue weighted by Crippen LogP contribution is -2.32. The van der Waals surface area contributed by atoms with E-state index in [1.807, 2.05) is 0 Å². The second kappa shape index (κ2) is 7.50. The predicted octanol–water partition coefficient (Wildman–Crippen LogP) is 3.49. The van der Waals surface area contributed by atoms with Crippen molar-refractivity contribution in [3.05, 3.63) is 53.2 Å². The Hall–Kier alpha value is -2.71. The maximum atomic E-state index is 14.2. The molecule has 0 radical (unpaired) electrons. The molecule has 27 heavy (non-hydrogen) atoms. The first-order chi connectivity index (χ1) is 12.8. The van der Waals surface area contributed by atoms with Gasteiger partial charge in [0, 0.05) is 13.0 Å². The minimum absolute atomic E-state index is 0.0515. The van der Waals surface area contributed by atoms with Crippen molar-refractivity contribution in [3.8, 4) is 5.88 Å². The third-order valence-corrected chi connectivity index (χ3v) is 4.34. The van der Waals surface area contributed by atoms with Crippen LogP contribution in [0.1, 0.15) is 35.0 Å². The molecule has 1 aliphatic rings. The van der Waals surface area contributed by atoms with Crippen LogP contribution in [0, 0.1) is 5.82 Å². The van der Waals surface area contributed by atoms with E-state index in [0.29, 0.717) is 12.8 Å². The quantitative estimate of drug-likeness (QED) is 0.759. The van der Waals surface area contributed by atoms with Gasteiger partial charge in [0.1, 0.15) is 12.4 Å². The first-order valence-corrected chi connectivity index (χ1v) is 8.42. The van der Waals surface area contributed by atoms with Crippen LogP contribution in [0.3, 0.4) is 0 Å². The summed E-state index contributed by atoms with van der Waals surface area (Å²) in [6, 6.07) is 4.64. The Balaban J connectivity index is 1.73. The molecule has 9 heteroatoms. The van der Waals surface area contributed by atoms with Gasteiger partial charge in [0.15, 0.2) is 0 Å². The molecule has 0 bridgehead atoms. The fourth-order valence-corrected chi connectivity index (χ4v) is 2.97. The van der Waals surface area contributed by atoms with E-state index in [1.54, 1.807) is 6.92 Å². The number of amides is 1. The number of aryl methyl sites for hydroxylation is 1. The summed E-state index contributed by atoms with van der Waals surface area (Å²) in [5.74, 6) is -1.60. The molecule has 1 aromatic carbocycles. The van der Waals surface area contributed by atoms with Crippen molar-refractivity contribution in [2.75, 3.05) is 13.1 Å². The van der Waals surface area contributed by atoms with Gasteiger partial charge in [-0.2, -0.15) is 22.5 Å². The van der Waals surface area contributed by atoms with Crippen molar-refractivity contribution in [3.63, 3.8) is 0 Å². The number of hydrogen-bond acceptors (Lipinski definition) is 4. The van der Waals surface area contributed by atoms with E-state index in [4.69, 9.17) is 4.74 Å². The van der Waals surface area contributed by atoms with Crippen LogP contribution in [-0.2, 0) is 12.6 Å². The zero-order valence-corrected chi connectivity index (χ0v) is 14.5. The summed E-state index contributed by atoms with van der Waals surface area (Å²) < 4.78 is 59.1. The molecule has 1 fully saturated rings. The number of hydrogen-bond donors (Lipinski definition) is 0. The minimum Gasteiger partial charge on any atom is -0.470 e. The monoisotopic (exact) mass is 383 g/mol. The summed E-state index contributed by atoms with van der Waals surface area (Å²) in [6.07, 6.45) is -3.25. The molecule has 1 aliphatic heterocycles. The molecule has 0 saturated carbocycles. The number of halogens is 4. The average Bonchev–Trinajstić information content (AvgIpc) is 3.11. The van der Waals surface area contributed by atoms with E-state index in [9.17, 15) is 22.4 Å². The van der Waals surface area contributed by atoms with Gasteiger partial charge in [-0.3, -0.25) is 4.79 Å². The third kappa shape index (κ3) is 4.01. The number of likely N-dealkylation sites (tertiary alicyclic amines) is 1. The number of carbonyl (C=O) groups excluding carboxylic acids is 1. The number of ether oxygens (including phenoxy) is 1. The highest BCUT2D eigenvalue weighted by Crippen LogP contribution is 2.33. The van der Waals surface area contributed by atoms with Gasteiger partial charge >= 0.3 is 6.18 Å². The van der Waals surface area contributed by atoms with Crippen LogP contribution >= 0.6 is 0 Å². The van der Waals surface area contributed by atoms with Gasteiger partial charge in [-0.25, -0.2) is 4.98 Å². The van der Waals surface area contributed by atoms with Gasteiger partial charge in [-0.1, -0.05) is 19.1 Å². The second-order valence-corrected chi connectivity index (χ2v) is 6.12. The van der Waals surface area contributed by atoms with Gasteiger partial charge < -0.3 is 9.64 Å². The van der Waals surface area contributed by atoms with Gasteiger partial charge in [-0.15, -0.1) is 0 Å². The summed E-state index contributed by atoms with van der Waals surface area (Å²) in [7, 11) is 0. The van der Waals surface area contributed by atoms with Crippen molar-refractivity contribution in [1.82, 2.24) is 14.9 Å². The second-order valence-electron chi connectivity index (χ2n) is 6.12. The molecule has 1 atom stereocenters. The highest BCUT2D eigenvalue weighted by Gasteiger charge is 2.37. The van der Waals surface area contributed by atoms with E-state index in [2.05, 4.69) is 9.97 Å². The van der Waals surface area contributed by atoms with E-state index >= 15 is 0 Å². The first-order valence-electron chi connectivity index (χ1n) is 8.42. The van der Waals surface area contributed by atoms with Gasteiger partial charge in [0.25, 0.3) is 11.8 Å². The van der Waals surface area contributed by atoms with Crippen molar-refractivity contribution in [1.29, 1.82) is 0 Å². The molecule has 0 N–H and O–H groups in total. The number of nitrogens with zero attached hydrogens (tertiary/aromatic N) is 3. The smallest absolute Gasteiger partial charge is 0.417 e. The van der Waals surface area contributed by atoms with Crippen molar-refractivity contribution >= 4 is 5.91 Å². The molecule has 5 nitrogen and oxygen atoms in total. The number of alkyl halides is 3. The first kappa shape index (κ1) is 19.1. The Morgan fingerprint density at radius 2 is 2.04 bits per heavy atom. The SMILES string of the molecule is CCc1ncnc(O[C@@H]2CCN(C(=O)c3ccccc3C(F)(F)F)C2)c1F. The predicted molar refractivity (Wildman–Crippen MR) is 87.7 cm³/mol. The Kier molecular flexibility index (Phi) is 5.29. The third-order valence-electron chi connectivity index (χ3n) is 4.34. The Morgan fingerprint density at radius 1 is 1.30 bits per heavy atom. The fraction of sp³-hybridized carbons (Fsp3) is 0.389. The van der Waals surface area contributed by atoms with Crippen LogP contribution in [0.2, 0.25) is 0 Å². The molecule has 0 spiro atoms. The van der Waals surface area contributed by atoms with Crippen LogP contribution in [0.5, 0.6) is 5.88 Å². The van der Waals surface area contributed by atoms with Crippen LogP contribution < -0.4 is 4.74 Å². The van der Waals surface area contributed by atoms with Crippen LogP contribution in [0.15, 0.2) is 30.6 Å². The maximum Gasteiger partial charge on any atom is 0.417 e. The van der Waals surface area contributed by atoms with Crippen molar-refractivity contribution in [2.45, 2.75) is 32.0 Å². The Bertz CT molecular complexity index is 842. The van der Waals surface area contributed by atoms with Crippen LogP contribution in [0.25, 0.3) is 0 Å². The summed E-state index contributed by atoms with van der Waals surface area (Å²) in [6.45, 7) is 2.00. The van der Waals surface area contributed by atoms with Gasteiger partial charge in [-0.05, 0) is 18.6 Å². The topological polar surface area (TPSA) is 55.3 Å². The fourth-order valence-electron chi connectivity index (χ4n) is 2.97. The molecule has 144 valence electrons. The molecule has 1 saturated heterocycles. The lowest BCUT2D eigenvalue weighted by atomic mass is 10.1. The number of benzene rings is 1. The molecule has 3 rings (SSSR count). The number of aromatic nitrogens is 2. The summed E-state index contributed by atoms with van der Waals surface area (Å²) in [4.78, 5) is 21.4. The van der Waals surface area contributed by atoms with E-state index < -0.39 is 35.1 Å². The Morgan fingerprint density at radius 3 is 2.74 bits per heavy atom. The zero-order valence-electron chi connectivity index (χ0n) is 14.5. The van der Waals surface area contributed by atoms with Gasteiger partial charge in [0.2, 0.25) is 5.82 Å².